The summed E-state index contributed by atoms with van der Waals surface area (Å²) in [6.07, 6.45) is 0. The molecule has 0 saturated heterocycles. The minimum Gasteiger partial charge on any atom is -0.449 e. The molecular weight excluding hydrogens is 352 g/mol. The van der Waals surface area contributed by atoms with Crippen LogP contribution in [0.3, 0.4) is 0 Å². The van der Waals surface area contributed by atoms with E-state index in [1.165, 1.54) is 0 Å². The number of benzene rings is 3. The maximum Gasteiger partial charge on any atom is 0.233 e. The Morgan fingerprint density at radius 3 is 1.39 bits per heavy atom. The molecule has 0 saturated carbocycles. The van der Waals surface area contributed by atoms with E-state index in [4.69, 9.17) is 9.47 Å². The molecule has 0 fully saturated rings. The van der Waals surface area contributed by atoms with E-state index in [0.29, 0.717) is 22.6 Å². The number of ketones is 2. The van der Waals surface area contributed by atoms with E-state index in [0.717, 1.165) is 11.1 Å². The highest BCUT2D eigenvalue weighted by atomic mass is 16.5. The molecule has 0 spiro atoms. The van der Waals surface area contributed by atoms with Crippen LogP contribution in [0.15, 0.2) is 84.3 Å². The number of carbonyl (C=O) groups is 2. The maximum atomic E-state index is 13.1. The Balaban J connectivity index is 1.83. The minimum atomic E-state index is -0.376. The lowest BCUT2D eigenvalue weighted by atomic mass is 9.92. The number of ether oxygens (including phenoxy) is 2. The Morgan fingerprint density at radius 2 is 1.00 bits per heavy atom. The molecule has 4 heteroatoms. The Kier molecular flexibility index (Phi) is 4.53. The normalized spacial score (nSPS) is 13.4. The number of fused-ring (bicyclic) bond motifs is 1. The summed E-state index contributed by atoms with van der Waals surface area (Å²) in [4.78, 5) is 26.2. The molecule has 4 nitrogen and oxygen atoms in total. The molecule has 0 radical (unpaired) electrons. The second-order valence-electron chi connectivity index (χ2n) is 6.70. The van der Waals surface area contributed by atoms with Crippen LogP contribution in [0, 0.1) is 13.8 Å². The smallest absolute Gasteiger partial charge is 0.233 e. The lowest BCUT2D eigenvalue weighted by Crippen LogP contribution is -2.27. The van der Waals surface area contributed by atoms with E-state index >= 15 is 0 Å². The summed E-state index contributed by atoms with van der Waals surface area (Å²) >= 11 is 0. The number of allylic oxidation sites excluding steroid dienone is 2. The number of hydrogen-bond donors (Lipinski definition) is 0. The van der Waals surface area contributed by atoms with Gasteiger partial charge in [0.2, 0.25) is 23.1 Å². The van der Waals surface area contributed by atoms with Gasteiger partial charge in [-0.15, -0.1) is 0 Å². The van der Waals surface area contributed by atoms with Gasteiger partial charge in [-0.3, -0.25) is 9.59 Å². The van der Waals surface area contributed by atoms with E-state index in [9.17, 15) is 9.59 Å². The predicted molar refractivity (Wildman–Crippen MR) is 106 cm³/mol. The fraction of sp³-hybridized carbons (Fsp3) is 0.0833. The molecule has 0 unspecified atom stereocenters. The number of rotatable bonds is 4. The third kappa shape index (κ3) is 3.32. The molecular formula is C24H18O4. The van der Waals surface area contributed by atoms with Crippen LogP contribution in [0.1, 0.15) is 31.8 Å². The van der Waals surface area contributed by atoms with Gasteiger partial charge in [0.1, 0.15) is 11.5 Å². The number of hydrogen-bond acceptors (Lipinski definition) is 4. The second-order valence-corrected chi connectivity index (χ2v) is 6.70. The molecule has 3 aromatic carbocycles. The predicted octanol–water partition coefficient (Wildman–Crippen LogP) is 5.05. The summed E-state index contributed by atoms with van der Waals surface area (Å²) in [7, 11) is 0. The van der Waals surface area contributed by atoms with Gasteiger partial charge in [0.05, 0.1) is 0 Å². The molecule has 4 rings (SSSR count). The van der Waals surface area contributed by atoms with Gasteiger partial charge in [0, 0.05) is 11.1 Å². The van der Waals surface area contributed by atoms with Crippen molar-refractivity contribution >= 4 is 11.6 Å². The summed E-state index contributed by atoms with van der Waals surface area (Å²) in [5.41, 5.74) is 2.59. The summed E-state index contributed by atoms with van der Waals surface area (Å²) < 4.78 is 11.8. The highest BCUT2D eigenvalue weighted by Gasteiger charge is 2.36. The molecule has 0 aliphatic heterocycles. The summed E-state index contributed by atoms with van der Waals surface area (Å²) in [5, 5.41) is 0. The zero-order valence-electron chi connectivity index (χ0n) is 15.6. The molecule has 28 heavy (non-hydrogen) atoms. The fourth-order valence-electron chi connectivity index (χ4n) is 3.11. The van der Waals surface area contributed by atoms with Crippen LogP contribution in [-0.2, 0) is 0 Å². The van der Waals surface area contributed by atoms with Crippen molar-refractivity contribution in [2.24, 2.45) is 0 Å². The van der Waals surface area contributed by atoms with Crippen molar-refractivity contribution in [3.8, 4) is 11.5 Å². The highest BCUT2D eigenvalue weighted by molar-refractivity contribution is 6.25. The van der Waals surface area contributed by atoms with Gasteiger partial charge < -0.3 is 9.47 Å². The molecule has 1 aliphatic rings. The second kappa shape index (κ2) is 7.16. The van der Waals surface area contributed by atoms with Crippen LogP contribution >= 0.6 is 0 Å². The van der Waals surface area contributed by atoms with E-state index in [1.807, 2.05) is 38.1 Å². The largest absolute Gasteiger partial charge is 0.449 e. The SMILES string of the molecule is Cc1cccc(OC2=C(Oc3cccc(C)c3)C(=O)c3ccccc3C2=O)c1. The topological polar surface area (TPSA) is 52.6 Å². The van der Waals surface area contributed by atoms with Crippen LogP contribution in [-0.4, -0.2) is 11.6 Å². The molecule has 3 aromatic rings. The van der Waals surface area contributed by atoms with E-state index in [-0.39, 0.29) is 23.1 Å². The zero-order chi connectivity index (χ0) is 19.7. The van der Waals surface area contributed by atoms with Crippen molar-refractivity contribution < 1.29 is 19.1 Å². The van der Waals surface area contributed by atoms with Crippen molar-refractivity contribution in [3.63, 3.8) is 0 Å². The molecule has 0 aromatic heterocycles. The summed E-state index contributed by atoms with van der Waals surface area (Å²) in [5.74, 6) is -0.00734. The van der Waals surface area contributed by atoms with E-state index < -0.39 is 0 Å². The van der Waals surface area contributed by atoms with Crippen molar-refractivity contribution in [2.45, 2.75) is 13.8 Å². The molecule has 0 atom stereocenters. The van der Waals surface area contributed by atoms with Gasteiger partial charge in [0.25, 0.3) is 0 Å². The first-order chi connectivity index (χ1) is 13.5. The standard InChI is InChI=1S/C24H18O4/c1-15-7-5-9-17(13-15)27-23-21(25)19-11-3-4-12-20(19)22(26)24(23)28-18-10-6-8-16(2)14-18/h3-14H,1-2H3. The van der Waals surface area contributed by atoms with Gasteiger partial charge in [-0.25, -0.2) is 0 Å². The zero-order valence-corrected chi connectivity index (χ0v) is 15.6. The minimum absolute atomic E-state index is 0.101. The Hall–Kier alpha value is -3.66. The van der Waals surface area contributed by atoms with Gasteiger partial charge in [-0.2, -0.15) is 0 Å². The Morgan fingerprint density at radius 1 is 0.571 bits per heavy atom. The molecule has 0 heterocycles. The van der Waals surface area contributed by atoms with Crippen molar-refractivity contribution in [1.29, 1.82) is 0 Å². The molecule has 1 aliphatic carbocycles. The number of aryl methyl sites for hydroxylation is 2. The van der Waals surface area contributed by atoms with Crippen LogP contribution < -0.4 is 9.47 Å². The Labute approximate surface area is 163 Å². The number of carbonyl (C=O) groups excluding carboxylic acids is 2. The van der Waals surface area contributed by atoms with Crippen molar-refractivity contribution in [2.75, 3.05) is 0 Å². The lowest BCUT2D eigenvalue weighted by Gasteiger charge is -2.21. The van der Waals surface area contributed by atoms with Crippen LogP contribution in [0.25, 0.3) is 0 Å². The van der Waals surface area contributed by atoms with Gasteiger partial charge in [0.15, 0.2) is 0 Å². The lowest BCUT2D eigenvalue weighted by molar-refractivity contribution is 0.0897. The summed E-state index contributed by atoms with van der Waals surface area (Å²) in [6, 6.07) is 21.3. The summed E-state index contributed by atoms with van der Waals surface area (Å²) in [6.45, 7) is 3.85. The van der Waals surface area contributed by atoms with Crippen molar-refractivity contribution in [1.82, 2.24) is 0 Å². The van der Waals surface area contributed by atoms with E-state index in [1.54, 1.807) is 48.5 Å². The molecule has 138 valence electrons. The van der Waals surface area contributed by atoms with Crippen LogP contribution in [0.5, 0.6) is 11.5 Å². The third-order valence-corrected chi connectivity index (χ3v) is 4.45. The third-order valence-electron chi connectivity index (χ3n) is 4.45. The maximum absolute atomic E-state index is 13.1. The van der Waals surface area contributed by atoms with Crippen LogP contribution in [0.4, 0.5) is 0 Å². The van der Waals surface area contributed by atoms with Crippen LogP contribution in [0.2, 0.25) is 0 Å². The first-order valence-corrected chi connectivity index (χ1v) is 8.94. The fourth-order valence-corrected chi connectivity index (χ4v) is 3.11. The van der Waals surface area contributed by atoms with E-state index in [2.05, 4.69) is 0 Å². The Bertz CT molecular complexity index is 1040. The molecule has 0 amide bonds. The average Bonchev–Trinajstić information content (AvgIpc) is 2.69. The van der Waals surface area contributed by atoms with Crippen molar-refractivity contribution in [3.05, 3.63) is 107 Å². The monoisotopic (exact) mass is 370 g/mol. The highest BCUT2D eigenvalue weighted by Crippen LogP contribution is 2.30. The molecule has 0 N–H and O–H groups in total. The molecule has 0 bridgehead atoms. The number of Topliss-reactive ketones (excluding diaryl/α,β-unsaturated/α-hetero) is 2. The van der Waals surface area contributed by atoms with Gasteiger partial charge in [-0.05, 0) is 49.2 Å². The van der Waals surface area contributed by atoms with Gasteiger partial charge >= 0.3 is 0 Å². The average molecular weight is 370 g/mol. The first-order valence-electron chi connectivity index (χ1n) is 8.94. The quantitative estimate of drug-likeness (QED) is 0.645. The van der Waals surface area contributed by atoms with Gasteiger partial charge in [-0.1, -0.05) is 48.5 Å². The first kappa shape index (κ1) is 17.7.